The van der Waals surface area contributed by atoms with Gasteiger partial charge in [0.15, 0.2) is 0 Å². The van der Waals surface area contributed by atoms with Crippen LogP contribution in [0.5, 0.6) is 0 Å². The normalized spacial score (nSPS) is 10.9. The molecule has 102 valence electrons. The molecule has 0 amide bonds. The zero-order chi connectivity index (χ0) is 14.1. The molecule has 0 aliphatic heterocycles. The summed E-state index contributed by atoms with van der Waals surface area (Å²) < 4.78 is 15.7. The van der Waals surface area contributed by atoms with Crippen LogP contribution < -0.4 is 5.32 Å². The van der Waals surface area contributed by atoms with Crippen molar-refractivity contribution in [3.63, 3.8) is 0 Å². The number of halogens is 2. The lowest BCUT2D eigenvalue weighted by molar-refractivity contribution is 0.612. The molecular weight excluding hydrogens is 339 g/mol. The molecule has 2 aromatic carbocycles. The predicted molar refractivity (Wildman–Crippen MR) is 85.8 cm³/mol. The first-order valence-corrected chi connectivity index (χ1v) is 7.78. The smallest absolute Gasteiger partial charge is 0.128 e. The Morgan fingerprint density at radius 1 is 1.25 bits per heavy atom. The maximum Gasteiger partial charge on any atom is 0.128 e. The Labute approximate surface area is 128 Å². The summed E-state index contributed by atoms with van der Waals surface area (Å²) in [4.78, 5) is 4.42. The monoisotopic (exact) mass is 350 g/mol. The third-order valence-electron chi connectivity index (χ3n) is 2.99. The van der Waals surface area contributed by atoms with E-state index < -0.39 is 0 Å². The van der Waals surface area contributed by atoms with Crippen molar-refractivity contribution < 1.29 is 4.39 Å². The van der Waals surface area contributed by atoms with Crippen molar-refractivity contribution in [3.8, 4) is 0 Å². The molecule has 0 saturated carbocycles. The fourth-order valence-corrected chi connectivity index (χ4v) is 3.30. The molecule has 3 aromatic rings. The molecule has 0 bridgehead atoms. The van der Waals surface area contributed by atoms with Crippen LogP contribution in [-0.2, 0) is 6.54 Å². The summed E-state index contributed by atoms with van der Waals surface area (Å²) in [6, 6.07) is 11.0. The van der Waals surface area contributed by atoms with Gasteiger partial charge in [-0.1, -0.05) is 15.9 Å². The van der Waals surface area contributed by atoms with Gasteiger partial charge in [-0.15, -0.1) is 11.3 Å². The maximum atomic E-state index is 13.7. The first-order chi connectivity index (χ1) is 9.61. The highest BCUT2D eigenvalue weighted by molar-refractivity contribution is 9.10. The fraction of sp³-hybridized carbons (Fsp3) is 0.133. The minimum absolute atomic E-state index is 0.199. The molecule has 0 unspecified atom stereocenters. The maximum absolute atomic E-state index is 13.7. The van der Waals surface area contributed by atoms with Crippen molar-refractivity contribution >= 4 is 43.2 Å². The zero-order valence-electron chi connectivity index (χ0n) is 10.8. The number of hydrogen-bond acceptors (Lipinski definition) is 3. The highest BCUT2D eigenvalue weighted by atomic mass is 79.9. The van der Waals surface area contributed by atoms with E-state index in [1.165, 1.54) is 6.07 Å². The number of rotatable bonds is 3. The second-order valence-electron chi connectivity index (χ2n) is 4.50. The number of anilines is 1. The molecule has 1 heterocycles. The molecule has 20 heavy (non-hydrogen) atoms. The van der Waals surface area contributed by atoms with Crippen LogP contribution in [-0.4, -0.2) is 4.98 Å². The van der Waals surface area contributed by atoms with Gasteiger partial charge in [0.2, 0.25) is 0 Å². The van der Waals surface area contributed by atoms with Crippen LogP contribution in [0.1, 0.15) is 10.6 Å². The van der Waals surface area contributed by atoms with Gasteiger partial charge >= 0.3 is 0 Å². The van der Waals surface area contributed by atoms with E-state index in [1.54, 1.807) is 23.5 Å². The SMILES string of the molecule is Cc1nc2ccc(NCc3cc(Br)ccc3F)cc2s1. The van der Waals surface area contributed by atoms with Gasteiger partial charge in [-0.25, -0.2) is 9.37 Å². The molecule has 0 radical (unpaired) electrons. The molecule has 0 aliphatic rings. The molecule has 0 aliphatic carbocycles. The van der Waals surface area contributed by atoms with Gasteiger partial charge < -0.3 is 5.32 Å². The van der Waals surface area contributed by atoms with E-state index >= 15 is 0 Å². The number of benzene rings is 2. The number of hydrogen-bond donors (Lipinski definition) is 1. The Balaban J connectivity index is 1.80. The van der Waals surface area contributed by atoms with E-state index in [9.17, 15) is 4.39 Å². The van der Waals surface area contributed by atoms with E-state index in [1.807, 2.05) is 19.1 Å². The topological polar surface area (TPSA) is 24.9 Å². The van der Waals surface area contributed by atoms with Crippen LogP contribution in [0.25, 0.3) is 10.2 Å². The van der Waals surface area contributed by atoms with Crippen LogP contribution in [0.4, 0.5) is 10.1 Å². The molecule has 0 fully saturated rings. The van der Waals surface area contributed by atoms with Gasteiger partial charge in [0.1, 0.15) is 5.82 Å². The third kappa shape index (κ3) is 2.83. The number of thiazole rings is 1. The molecule has 3 rings (SSSR count). The Kier molecular flexibility index (Phi) is 3.72. The average Bonchev–Trinajstić information content (AvgIpc) is 2.79. The van der Waals surface area contributed by atoms with E-state index in [-0.39, 0.29) is 5.82 Å². The average molecular weight is 351 g/mol. The molecule has 0 saturated heterocycles. The summed E-state index contributed by atoms with van der Waals surface area (Å²) in [5.41, 5.74) is 2.62. The van der Waals surface area contributed by atoms with Crippen LogP contribution in [0.2, 0.25) is 0 Å². The Hall–Kier alpha value is -1.46. The predicted octanol–water partition coefficient (Wildman–Crippen LogP) is 5.12. The second-order valence-corrected chi connectivity index (χ2v) is 6.66. The molecule has 0 spiro atoms. The molecular formula is C15H12BrFN2S. The number of aryl methyl sites for hydroxylation is 1. The lowest BCUT2D eigenvalue weighted by Crippen LogP contribution is -2.01. The minimum Gasteiger partial charge on any atom is -0.381 e. The summed E-state index contributed by atoms with van der Waals surface area (Å²) in [5, 5.41) is 4.30. The summed E-state index contributed by atoms with van der Waals surface area (Å²) in [6.07, 6.45) is 0. The molecule has 5 heteroatoms. The highest BCUT2D eigenvalue weighted by Crippen LogP contribution is 2.25. The summed E-state index contributed by atoms with van der Waals surface area (Å²) in [6.45, 7) is 2.45. The van der Waals surface area contributed by atoms with E-state index in [0.29, 0.717) is 12.1 Å². The number of fused-ring (bicyclic) bond motifs is 1. The van der Waals surface area contributed by atoms with E-state index in [4.69, 9.17) is 0 Å². The van der Waals surface area contributed by atoms with Gasteiger partial charge in [-0.2, -0.15) is 0 Å². The van der Waals surface area contributed by atoms with Crippen LogP contribution in [0.15, 0.2) is 40.9 Å². The Morgan fingerprint density at radius 3 is 2.95 bits per heavy atom. The van der Waals surface area contributed by atoms with Crippen molar-refractivity contribution in [2.45, 2.75) is 13.5 Å². The van der Waals surface area contributed by atoms with Crippen molar-refractivity contribution in [1.82, 2.24) is 4.98 Å². The largest absolute Gasteiger partial charge is 0.381 e. The van der Waals surface area contributed by atoms with Gasteiger partial charge in [-0.05, 0) is 43.3 Å². The molecule has 1 N–H and O–H groups in total. The van der Waals surface area contributed by atoms with Gasteiger partial charge in [0, 0.05) is 22.3 Å². The lowest BCUT2D eigenvalue weighted by atomic mass is 10.2. The third-order valence-corrected chi connectivity index (χ3v) is 4.41. The first kappa shape index (κ1) is 13.5. The first-order valence-electron chi connectivity index (χ1n) is 6.17. The van der Waals surface area contributed by atoms with Crippen LogP contribution >= 0.6 is 27.3 Å². The molecule has 0 atom stereocenters. The fourth-order valence-electron chi connectivity index (χ4n) is 2.03. The standard InChI is InChI=1S/C15H12BrFN2S/c1-9-19-14-5-3-12(7-15(14)20-9)18-8-10-6-11(16)2-4-13(10)17/h2-7,18H,8H2,1H3. The van der Waals surface area contributed by atoms with E-state index in [0.717, 1.165) is 25.4 Å². The van der Waals surface area contributed by atoms with Crippen molar-refractivity contribution in [2.75, 3.05) is 5.32 Å². The molecule has 1 aromatic heterocycles. The van der Waals surface area contributed by atoms with E-state index in [2.05, 4.69) is 32.3 Å². The number of aromatic nitrogens is 1. The zero-order valence-corrected chi connectivity index (χ0v) is 13.2. The Morgan fingerprint density at radius 2 is 2.10 bits per heavy atom. The van der Waals surface area contributed by atoms with Gasteiger partial charge in [-0.3, -0.25) is 0 Å². The number of nitrogens with zero attached hydrogens (tertiary/aromatic N) is 1. The van der Waals surface area contributed by atoms with Crippen LogP contribution in [0.3, 0.4) is 0 Å². The van der Waals surface area contributed by atoms with Gasteiger partial charge in [0.05, 0.1) is 15.2 Å². The van der Waals surface area contributed by atoms with Crippen molar-refractivity contribution in [3.05, 3.63) is 57.3 Å². The lowest BCUT2D eigenvalue weighted by Gasteiger charge is -2.08. The minimum atomic E-state index is -0.199. The molecule has 2 nitrogen and oxygen atoms in total. The Bertz CT molecular complexity index is 770. The van der Waals surface area contributed by atoms with Crippen LogP contribution in [0, 0.1) is 12.7 Å². The second kappa shape index (κ2) is 5.50. The van der Waals surface area contributed by atoms with Crippen molar-refractivity contribution in [2.24, 2.45) is 0 Å². The highest BCUT2D eigenvalue weighted by Gasteiger charge is 2.04. The summed E-state index contributed by atoms with van der Waals surface area (Å²) in [7, 11) is 0. The quantitative estimate of drug-likeness (QED) is 0.709. The van der Waals surface area contributed by atoms with Gasteiger partial charge in [0.25, 0.3) is 0 Å². The summed E-state index contributed by atoms with van der Waals surface area (Å²) in [5.74, 6) is -0.199. The van der Waals surface area contributed by atoms with Crippen molar-refractivity contribution in [1.29, 1.82) is 0 Å². The number of nitrogens with one attached hydrogen (secondary N) is 1. The summed E-state index contributed by atoms with van der Waals surface area (Å²) >= 11 is 5.02.